The van der Waals surface area contributed by atoms with E-state index in [4.69, 9.17) is 43.4 Å². The van der Waals surface area contributed by atoms with Gasteiger partial charge in [0.25, 0.3) is 0 Å². The summed E-state index contributed by atoms with van der Waals surface area (Å²) in [6.07, 6.45) is 29.5. The van der Waals surface area contributed by atoms with Gasteiger partial charge in [-0.15, -0.1) is 0 Å². The molecule has 14 heterocycles. The smallest absolute Gasteiger partial charge is 0.325 e. The molecular formula is C85H116FN13O12. The van der Waals surface area contributed by atoms with Gasteiger partial charge in [0.1, 0.15) is 53.0 Å². The van der Waals surface area contributed by atoms with E-state index in [-0.39, 0.29) is 42.4 Å². The number of rotatable bonds is 30. The number of halogens is 1. The Balaban J connectivity index is 0.000000146. The highest BCUT2D eigenvalue weighted by Gasteiger charge is 2.41. The summed E-state index contributed by atoms with van der Waals surface area (Å²) in [6, 6.07) is 15.1. The summed E-state index contributed by atoms with van der Waals surface area (Å²) >= 11 is 0. The van der Waals surface area contributed by atoms with E-state index in [1.54, 1.807) is 18.5 Å². The van der Waals surface area contributed by atoms with Crippen molar-refractivity contribution in [2.45, 2.75) is 242 Å². The van der Waals surface area contributed by atoms with Gasteiger partial charge in [-0.05, 0) is 245 Å². The van der Waals surface area contributed by atoms with Gasteiger partial charge < -0.3 is 59.7 Å². The van der Waals surface area contributed by atoms with Crippen molar-refractivity contribution in [3.63, 3.8) is 0 Å². The average molecular weight is 1530 g/mol. The number of carbonyl (C=O) groups is 3. The second kappa shape index (κ2) is 40.8. The van der Waals surface area contributed by atoms with Crippen molar-refractivity contribution < 1.29 is 62.5 Å². The first-order valence-electron chi connectivity index (χ1n) is 41.5. The number of ether oxygens (including phenoxy) is 6. The van der Waals surface area contributed by atoms with E-state index < -0.39 is 36.0 Å². The van der Waals surface area contributed by atoms with Gasteiger partial charge in [0.15, 0.2) is 0 Å². The predicted octanol–water partition coefficient (Wildman–Crippen LogP) is 13.1. The molecule has 9 aliphatic rings. The number of carboxylic acid groups (broad SMARTS) is 3. The van der Waals surface area contributed by atoms with Gasteiger partial charge in [0, 0.05) is 139 Å². The minimum atomic E-state index is -0.920. The Hall–Kier alpha value is -7.79. The number of anilines is 3. The standard InChI is InChI=1S/C29H38FN3O4.2C28H39N5O4/c30-21-10-12-24(25(18-21)26-8-2-4-17-37-26)27(29(34)35)33-15-13-23(19-33)36-16-3-1-7-22-11-9-20-6-5-14-31-28(20)32-22;2*1-19-30-17-23(25(31-19)24-9-3-5-16-37-24)26(28(34)35)33-14-12-22(18-33)36-15-4-2-8-21-11-10-20-7-6-13-29-27(20)32-21/h9-12,18,23,26-27H,1-8,13-17,19H2,(H,31,32)(H,34,35);2*10-11,17,22,24,26H,2-9,12-16,18H2,1H3,(H,29,32)(H,34,35)/t23-,26?,27-;22-,24?,26+;22-,24?,26-/m111/s1. The number of hydrogen-bond donors (Lipinski definition) is 6. The zero-order chi connectivity index (χ0) is 76.8. The van der Waals surface area contributed by atoms with Crippen molar-refractivity contribution in [2.24, 2.45) is 0 Å². The van der Waals surface area contributed by atoms with Crippen LogP contribution in [0.15, 0.2) is 67.0 Å². The molecule has 0 aliphatic carbocycles. The van der Waals surface area contributed by atoms with Crippen LogP contribution in [0.25, 0.3) is 0 Å². The fraction of sp³-hybridized carbons (Fsp3) is 0.624. The summed E-state index contributed by atoms with van der Waals surface area (Å²) in [5.41, 5.74) is 11.4. The highest BCUT2D eigenvalue weighted by Crippen LogP contribution is 2.40. The summed E-state index contributed by atoms with van der Waals surface area (Å²) in [5.74, 6) is 1.39. The molecule has 25 nitrogen and oxygen atoms in total. The lowest BCUT2D eigenvalue weighted by Gasteiger charge is -2.30. The number of pyridine rings is 3. The summed E-state index contributed by atoms with van der Waals surface area (Å²) in [4.78, 5) is 75.6. The first kappa shape index (κ1) is 81.2. The molecule has 0 bridgehead atoms. The number of benzene rings is 1. The maximum Gasteiger partial charge on any atom is 0.325 e. The molecule has 600 valence electrons. The van der Waals surface area contributed by atoms with Crippen LogP contribution in [0, 0.1) is 19.7 Å². The molecule has 5 aromatic heterocycles. The molecule has 6 fully saturated rings. The molecule has 1 aromatic carbocycles. The largest absolute Gasteiger partial charge is 0.480 e. The molecule has 9 aliphatic heterocycles. The van der Waals surface area contributed by atoms with E-state index >= 15 is 0 Å². The number of nitrogens with one attached hydrogen (secondary N) is 3. The van der Waals surface area contributed by atoms with Gasteiger partial charge in [0.2, 0.25) is 0 Å². The Morgan fingerprint density at radius 2 is 0.829 bits per heavy atom. The van der Waals surface area contributed by atoms with Crippen molar-refractivity contribution in [3.05, 3.63) is 152 Å². The van der Waals surface area contributed by atoms with Crippen LogP contribution in [0.4, 0.5) is 21.8 Å². The number of nitrogens with zero attached hydrogens (tertiary/aromatic N) is 10. The van der Waals surface area contributed by atoms with Crippen molar-refractivity contribution in [1.82, 2.24) is 49.6 Å². The van der Waals surface area contributed by atoms with E-state index in [2.05, 4.69) is 72.3 Å². The van der Waals surface area contributed by atoms with Crippen molar-refractivity contribution >= 4 is 35.4 Å². The van der Waals surface area contributed by atoms with E-state index in [9.17, 15) is 34.1 Å². The minimum absolute atomic E-state index is 0.00254. The molecule has 0 radical (unpaired) electrons. The number of aliphatic carboxylic acids is 3. The second-order valence-electron chi connectivity index (χ2n) is 31.3. The lowest BCUT2D eigenvalue weighted by atomic mass is 9.92. The van der Waals surface area contributed by atoms with Crippen LogP contribution in [0.1, 0.15) is 250 Å². The number of aryl methyl sites for hydroxylation is 8. The highest BCUT2D eigenvalue weighted by atomic mass is 19.1. The fourth-order valence-electron chi connectivity index (χ4n) is 17.2. The Bertz CT molecular complexity index is 3630. The molecule has 6 saturated heterocycles. The summed E-state index contributed by atoms with van der Waals surface area (Å²) in [6.45, 7) is 14.4. The van der Waals surface area contributed by atoms with E-state index in [1.165, 1.54) is 41.7 Å². The second-order valence-corrected chi connectivity index (χ2v) is 31.3. The predicted molar refractivity (Wildman–Crippen MR) is 418 cm³/mol. The maximum atomic E-state index is 14.1. The van der Waals surface area contributed by atoms with Gasteiger partial charge in [-0.25, -0.2) is 39.3 Å². The van der Waals surface area contributed by atoms with Crippen molar-refractivity contribution in [1.29, 1.82) is 0 Å². The Morgan fingerprint density at radius 1 is 0.459 bits per heavy atom. The number of likely N-dealkylation sites (tertiary alicyclic amines) is 3. The summed E-state index contributed by atoms with van der Waals surface area (Å²) in [5, 5.41) is 40.8. The number of hydrogen-bond acceptors (Lipinski definition) is 22. The number of unbranched alkanes of at least 4 members (excludes halogenated alkanes) is 3. The zero-order valence-electron chi connectivity index (χ0n) is 65.1. The third-order valence-corrected chi connectivity index (χ3v) is 23.1. The molecule has 6 aromatic rings. The monoisotopic (exact) mass is 1530 g/mol. The van der Waals surface area contributed by atoms with Gasteiger partial charge in [-0.3, -0.25) is 29.1 Å². The van der Waals surface area contributed by atoms with Crippen LogP contribution in [-0.2, 0) is 81.3 Å². The third-order valence-electron chi connectivity index (χ3n) is 23.1. The van der Waals surface area contributed by atoms with Gasteiger partial charge in [-0.1, -0.05) is 24.3 Å². The minimum Gasteiger partial charge on any atom is -0.480 e. The molecule has 9 atom stereocenters. The Morgan fingerprint density at radius 3 is 1.19 bits per heavy atom. The number of aromatic nitrogens is 7. The Kier molecular flexibility index (Phi) is 29.9. The molecule has 3 unspecified atom stereocenters. The molecule has 111 heavy (non-hydrogen) atoms. The average Bonchev–Trinajstić information content (AvgIpc) is 1.79. The van der Waals surface area contributed by atoms with Crippen LogP contribution in [0.5, 0.6) is 0 Å². The normalized spacial score (nSPS) is 22.8. The van der Waals surface area contributed by atoms with E-state index in [1.807, 2.05) is 28.5 Å². The van der Waals surface area contributed by atoms with Crippen LogP contribution in [0.2, 0.25) is 0 Å². The first-order valence-corrected chi connectivity index (χ1v) is 41.5. The molecule has 15 rings (SSSR count). The fourth-order valence-corrected chi connectivity index (χ4v) is 17.2. The summed E-state index contributed by atoms with van der Waals surface area (Å²) in [7, 11) is 0. The van der Waals surface area contributed by atoms with Crippen LogP contribution >= 0.6 is 0 Å². The SMILES string of the molecule is Cc1ncc([C@@H](C(=O)O)N2CC[C@@H](OCCCCc3ccc4c(n3)NCCC4)C2)c(C2CCCCO2)n1.Cc1ncc([C@H](C(=O)O)N2CC[C@@H](OCCCCc3ccc4c(n3)NCCC4)C2)c(C2CCCCO2)n1.O=C(O)[C@@H](c1ccc(F)cc1C1CCCCO1)N1CC[C@@H](OCCCCc2ccc3c(n2)NCCC3)C1. The summed E-state index contributed by atoms with van der Waals surface area (Å²) < 4.78 is 50.5. The lowest BCUT2D eigenvalue weighted by molar-refractivity contribution is -0.144. The highest BCUT2D eigenvalue weighted by molar-refractivity contribution is 5.77. The third kappa shape index (κ3) is 22.4. The molecule has 0 spiro atoms. The molecule has 0 amide bonds. The number of fused-ring (bicyclic) bond motifs is 3. The zero-order valence-corrected chi connectivity index (χ0v) is 65.1. The maximum absolute atomic E-state index is 14.1. The van der Waals surface area contributed by atoms with Gasteiger partial charge in [0.05, 0.1) is 48.0 Å². The van der Waals surface area contributed by atoms with Crippen molar-refractivity contribution in [2.75, 3.05) is 114 Å². The van der Waals surface area contributed by atoms with Crippen LogP contribution < -0.4 is 16.0 Å². The van der Waals surface area contributed by atoms with Crippen LogP contribution in [-0.4, -0.2) is 200 Å². The first-order chi connectivity index (χ1) is 54.2. The van der Waals surface area contributed by atoms with Gasteiger partial charge >= 0.3 is 17.9 Å². The van der Waals surface area contributed by atoms with E-state index in [0.29, 0.717) is 113 Å². The number of carboxylic acids is 3. The van der Waals surface area contributed by atoms with Crippen molar-refractivity contribution in [3.8, 4) is 0 Å². The molecule has 0 saturated carbocycles. The quantitative estimate of drug-likeness (QED) is 0.0228. The lowest BCUT2D eigenvalue weighted by Crippen LogP contribution is -2.35. The van der Waals surface area contributed by atoms with E-state index in [0.717, 1.165) is 226 Å². The van der Waals surface area contributed by atoms with Crippen LogP contribution in [0.3, 0.4) is 0 Å². The topological polar surface area (TPSA) is 303 Å². The Labute approximate surface area is 652 Å². The molecule has 6 N–H and O–H groups in total. The van der Waals surface area contributed by atoms with Gasteiger partial charge in [-0.2, -0.15) is 0 Å². The molecular weight excluding hydrogens is 1410 g/mol. The molecule has 26 heteroatoms.